The number of hydrogen-bond donors (Lipinski definition) is 1. The van der Waals surface area contributed by atoms with Crippen molar-refractivity contribution in [2.75, 3.05) is 20.3 Å². The minimum atomic E-state index is -1.06. The van der Waals surface area contributed by atoms with Crippen molar-refractivity contribution in [1.82, 2.24) is 0 Å². The lowest BCUT2D eigenvalue weighted by molar-refractivity contribution is -0.139. The van der Waals surface area contributed by atoms with E-state index in [9.17, 15) is 9.59 Å². The molecule has 0 aromatic heterocycles. The number of carboxylic acid groups (broad SMARTS) is 1. The van der Waals surface area contributed by atoms with Gasteiger partial charge in [0.15, 0.2) is 18.1 Å². The average Bonchev–Trinajstić information content (AvgIpc) is 2.71. The molecule has 0 aliphatic carbocycles. The van der Waals surface area contributed by atoms with Crippen molar-refractivity contribution in [2.24, 2.45) is 4.99 Å². The fourth-order valence-electron chi connectivity index (χ4n) is 2.31. The molecule has 0 aliphatic rings. The number of hydrogen-bond acceptors (Lipinski definition) is 6. The van der Waals surface area contributed by atoms with Gasteiger partial charge in [0, 0.05) is 6.21 Å². The standard InChI is InChI=1S/C21H22INO6/c1-3-4-9-28-21(26)15-5-7-16(8-6-15)23-12-14-10-17(22)20(18(11-14)27-2)29-13-19(24)25/h5-8,10-12H,3-4,9,13H2,1-2H3,(H,24,25). The second kappa shape index (κ2) is 11.4. The quantitative estimate of drug-likeness (QED) is 0.219. The molecule has 29 heavy (non-hydrogen) atoms. The Labute approximate surface area is 182 Å². The first kappa shape index (κ1) is 22.7. The van der Waals surface area contributed by atoms with Crippen LogP contribution < -0.4 is 9.47 Å². The Morgan fingerprint density at radius 3 is 2.55 bits per heavy atom. The van der Waals surface area contributed by atoms with Gasteiger partial charge in [-0.25, -0.2) is 9.59 Å². The number of rotatable bonds is 10. The molecular weight excluding hydrogens is 489 g/mol. The molecule has 0 radical (unpaired) electrons. The highest BCUT2D eigenvalue weighted by Crippen LogP contribution is 2.33. The van der Waals surface area contributed by atoms with E-state index in [1.807, 2.05) is 13.0 Å². The van der Waals surface area contributed by atoms with E-state index >= 15 is 0 Å². The Morgan fingerprint density at radius 2 is 1.93 bits per heavy atom. The number of carbonyl (C=O) groups is 2. The number of ether oxygens (including phenoxy) is 3. The summed E-state index contributed by atoms with van der Waals surface area (Å²) in [6.07, 6.45) is 3.47. The second-order valence-electron chi connectivity index (χ2n) is 6.01. The van der Waals surface area contributed by atoms with Gasteiger partial charge in [0.05, 0.1) is 28.5 Å². The van der Waals surface area contributed by atoms with Gasteiger partial charge in [-0.2, -0.15) is 0 Å². The summed E-state index contributed by atoms with van der Waals surface area (Å²) in [5.74, 6) is -0.611. The van der Waals surface area contributed by atoms with Crippen molar-refractivity contribution in [3.8, 4) is 11.5 Å². The van der Waals surface area contributed by atoms with Gasteiger partial charge >= 0.3 is 11.9 Å². The van der Waals surface area contributed by atoms with Crippen LogP contribution >= 0.6 is 22.6 Å². The number of esters is 1. The molecule has 1 N–H and O–H groups in total. The van der Waals surface area contributed by atoms with Gasteiger partial charge in [0.1, 0.15) is 0 Å². The normalized spacial score (nSPS) is 10.7. The van der Waals surface area contributed by atoms with Gasteiger partial charge in [-0.05, 0) is 71.0 Å². The van der Waals surface area contributed by atoms with Crippen molar-refractivity contribution < 1.29 is 28.9 Å². The molecule has 8 heteroatoms. The summed E-state index contributed by atoms with van der Waals surface area (Å²) in [6.45, 7) is 2.00. The molecular formula is C21H22INO6. The molecule has 0 bridgehead atoms. The predicted molar refractivity (Wildman–Crippen MR) is 118 cm³/mol. The van der Waals surface area contributed by atoms with E-state index in [0.717, 1.165) is 18.4 Å². The van der Waals surface area contributed by atoms with Gasteiger partial charge in [-0.15, -0.1) is 0 Å². The maximum absolute atomic E-state index is 11.9. The number of carboxylic acids is 1. The third-order valence-corrected chi connectivity index (χ3v) is 4.59. The van der Waals surface area contributed by atoms with E-state index in [-0.39, 0.29) is 5.97 Å². The van der Waals surface area contributed by atoms with Crippen LogP contribution in [0.3, 0.4) is 0 Å². The van der Waals surface area contributed by atoms with Gasteiger partial charge < -0.3 is 19.3 Å². The first-order chi connectivity index (χ1) is 13.9. The lowest BCUT2D eigenvalue weighted by Crippen LogP contribution is -2.11. The highest BCUT2D eigenvalue weighted by Gasteiger charge is 2.12. The Kier molecular flexibility index (Phi) is 8.91. The van der Waals surface area contributed by atoms with E-state index in [0.29, 0.717) is 32.9 Å². The molecule has 7 nitrogen and oxygen atoms in total. The van der Waals surface area contributed by atoms with E-state index < -0.39 is 12.6 Å². The molecule has 0 atom stereocenters. The summed E-state index contributed by atoms with van der Waals surface area (Å²) in [7, 11) is 1.48. The Bertz CT molecular complexity index is 879. The monoisotopic (exact) mass is 511 g/mol. The number of nitrogens with zero attached hydrogens (tertiary/aromatic N) is 1. The summed E-state index contributed by atoms with van der Waals surface area (Å²) < 4.78 is 16.5. The number of benzene rings is 2. The van der Waals surface area contributed by atoms with Crippen LogP contribution in [0.5, 0.6) is 11.5 Å². The molecule has 2 rings (SSSR count). The molecule has 0 spiro atoms. The number of methoxy groups -OCH3 is 1. The van der Waals surface area contributed by atoms with Crippen LogP contribution in [0.1, 0.15) is 35.7 Å². The van der Waals surface area contributed by atoms with Crippen molar-refractivity contribution in [3.05, 3.63) is 51.1 Å². The maximum atomic E-state index is 11.9. The van der Waals surface area contributed by atoms with E-state index in [1.54, 1.807) is 36.5 Å². The van der Waals surface area contributed by atoms with Crippen LogP contribution in [0.25, 0.3) is 0 Å². The molecule has 0 saturated carbocycles. The smallest absolute Gasteiger partial charge is 0.341 e. The molecule has 0 saturated heterocycles. The third-order valence-electron chi connectivity index (χ3n) is 3.79. The van der Waals surface area contributed by atoms with Gasteiger partial charge in [-0.3, -0.25) is 4.99 Å². The molecule has 0 fully saturated rings. The average molecular weight is 511 g/mol. The number of aliphatic carboxylic acids is 1. The highest BCUT2D eigenvalue weighted by atomic mass is 127. The Balaban J connectivity index is 2.10. The molecule has 0 heterocycles. The Hall–Kier alpha value is -2.62. The van der Waals surface area contributed by atoms with Crippen LogP contribution in [-0.4, -0.2) is 43.6 Å². The molecule has 154 valence electrons. The molecule has 0 unspecified atom stereocenters. The lowest BCUT2D eigenvalue weighted by atomic mass is 10.2. The summed E-state index contributed by atoms with van der Waals surface area (Å²) in [5.41, 5.74) is 1.92. The van der Waals surface area contributed by atoms with E-state index in [1.165, 1.54) is 7.11 Å². The van der Waals surface area contributed by atoms with Gasteiger partial charge in [-0.1, -0.05) is 13.3 Å². The number of aliphatic imine (C=N–C) groups is 1. The number of unbranched alkanes of at least 4 members (excludes halogenated alkanes) is 1. The third kappa shape index (κ3) is 7.04. The maximum Gasteiger partial charge on any atom is 0.341 e. The van der Waals surface area contributed by atoms with Crippen LogP contribution in [0.15, 0.2) is 41.4 Å². The largest absolute Gasteiger partial charge is 0.493 e. The summed E-state index contributed by atoms with van der Waals surface area (Å²) in [6, 6.07) is 10.3. The van der Waals surface area contributed by atoms with Crippen LogP contribution in [0.2, 0.25) is 0 Å². The zero-order valence-electron chi connectivity index (χ0n) is 16.2. The fraction of sp³-hybridized carbons (Fsp3) is 0.286. The number of halogens is 1. The minimum Gasteiger partial charge on any atom is -0.493 e. The molecule has 2 aromatic carbocycles. The number of carbonyl (C=O) groups excluding carboxylic acids is 1. The van der Waals surface area contributed by atoms with Crippen LogP contribution in [-0.2, 0) is 9.53 Å². The van der Waals surface area contributed by atoms with Crippen molar-refractivity contribution in [1.29, 1.82) is 0 Å². The predicted octanol–water partition coefficient (Wildman–Crippen LogP) is 4.47. The van der Waals surface area contributed by atoms with Crippen molar-refractivity contribution in [2.45, 2.75) is 19.8 Å². The van der Waals surface area contributed by atoms with E-state index in [4.69, 9.17) is 19.3 Å². The van der Waals surface area contributed by atoms with E-state index in [2.05, 4.69) is 27.6 Å². The van der Waals surface area contributed by atoms with Crippen LogP contribution in [0.4, 0.5) is 5.69 Å². The van der Waals surface area contributed by atoms with Crippen LogP contribution in [0, 0.1) is 3.57 Å². The summed E-state index contributed by atoms with van der Waals surface area (Å²) in [5, 5.41) is 8.78. The second-order valence-corrected chi connectivity index (χ2v) is 7.17. The first-order valence-corrected chi connectivity index (χ1v) is 10.1. The molecule has 2 aromatic rings. The van der Waals surface area contributed by atoms with Gasteiger partial charge in [0.25, 0.3) is 0 Å². The lowest BCUT2D eigenvalue weighted by Gasteiger charge is -2.12. The summed E-state index contributed by atoms with van der Waals surface area (Å²) in [4.78, 5) is 27.0. The fourth-order valence-corrected chi connectivity index (χ4v) is 3.09. The molecule has 0 amide bonds. The Morgan fingerprint density at radius 1 is 1.21 bits per heavy atom. The topological polar surface area (TPSA) is 94.4 Å². The van der Waals surface area contributed by atoms with Crippen molar-refractivity contribution >= 4 is 46.4 Å². The molecule has 0 aliphatic heterocycles. The minimum absolute atomic E-state index is 0.342. The zero-order valence-corrected chi connectivity index (χ0v) is 18.3. The highest BCUT2D eigenvalue weighted by molar-refractivity contribution is 14.1. The van der Waals surface area contributed by atoms with Gasteiger partial charge in [0.2, 0.25) is 0 Å². The zero-order chi connectivity index (χ0) is 21.2. The summed E-state index contributed by atoms with van der Waals surface area (Å²) >= 11 is 2.05. The van der Waals surface area contributed by atoms with Crippen molar-refractivity contribution in [3.63, 3.8) is 0 Å². The SMILES string of the molecule is CCCCOC(=O)c1ccc(N=Cc2cc(I)c(OCC(=O)O)c(OC)c2)cc1. The first-order valence-electron chi connectivity index (χ1n) is 8.98.